The molecule has 4 nitrogen and oxygen atoms in total. The highest BCUT2D eigenvalue weighted by Gasteiger charge is 2.23. The molecule has 0 N–H and O–H groups in total. The van der Waals surface area contributed by atoms with E-state index in [1.165, 1.54) is 0 Å². The third-order valence-corrected chi connectivity index (χ3v) is 3.84. The number of carbonyl (C=O) groups excluding carboxylic acids is 1. The molecule has 0 aliphatic carbocycles. The van der Waals surface area contributed by atoms with Gasteiger partial charge >= 0.3 is 5.97 Å². The van der Waals surface area contributed by atoms with Gasteiger partial charge in [-0.1, -0.05) is 42.5 Å². The van der Waals surface area contributed by atoms with Crippen LogP contribution in [0.1, 0.15) is 17.3 Å². The zero-order valence-electron chi connectivity index (χ0n) is 13.1. The Balaban J connectivity index is 2.45. The molecule has 0 bridgehead atoms. The minimum atomic E-state index is -0.585. The maximum Gasteiger partial charge on any atom is 0.344 e. The zero-order valence-corrected chi connectivity index (χ0v) is 13.1. The SMILES string of the molecule is CCOC(=O)c1c(-c2ccccc2)n(C)c2ccccc2c1=O. The fourth-order valence-corrected chi connectivity index (χ4v) is 2.82. The molecule has 1 heterocycles. The van der Waals surface area contributed by atoms with Crippen molar-refractivity contribution in [3.63, 3.8) is 0 Å². The number of esters is 1. The standard InChI is InChI=1S/C19H17NO3/c1-3-23-19(22)16-17(13-9-5-4-6-10-13)20(2)15-12-8-7-11-14(15)18(16)21/h4-12H,3H2,1-2H3. The molecule has 3 rings (SSSR count). The number of aromatic nitrogens is 1. The molecule has 23 heavy (non-hydrogen) atoms. The number of carbonyl (C=O) groups is 1. The van der Waals surface area contributed by atoms with Gasteiger partial charge in [-0.2, -0.15) is 0 Å². The van der Waals surface area contributed by atoms with Crippen LogP contribution < -0.4 is 5.43 Å². The van der Waals surface area contributed by atoms with Crippen LogP contribution >= 0.6 is 0 Å². The molecular weight excluding hydrogens is 290 g/mol. The van der Waals surface area contributed by atoms with Crippen molar-refractivity contribution in [2.45, 2.75) is 6.92 Å². The molecule has 4 heteroatoms. The Morgan fingerprint density at radius 2 is 1.70 bits per heavy atom. The van der Waals surface area contributed by atoms with E-state index in [1.807, 2.05) is 54.1 Å². The van der Waals surface area contributed by atoms with E-state index in [4.69, 9.17) is 4.74 Å². The van der Waals surface area contributed by atoms with Crippen LogP contribution in [0.15, 0.2) is 59.4 Å². The summed E-state index contributed by atoms with van der Waals surface area (Å²) in [4.78, 5) is 25.3. The summed E-state index contributed by atoms with van der Waals surface area (Å²) in [5, 5.41) is 0.512. The summed E-state index contributed by atoms with van der Waals surface area (Å²) >= 11 is 0. The van der Waals surface area contributed by atoms with Crippen molar-refractivity contribution in [3.8, 4) is 11.3 Å². The predicted molar refractivity (Wildman–Crippen MR) is 90.6 cm³/mol. The first-order valence-electron chi connectivity index (χ1n) is 7.49. The Bertz CT molecular complexity index is 926. The van der Waals surface area contributed by atoms with Crippen LogP contribution in [0.25, 0.3) is 22.2 Å². The number of hydrogen-bond donors (Lipinski definition) is 0. The smallest absolute Gasteiger partial charge is 0.344 e. The second kappa shape index (κ2) is 6.08. The first-order chi connectivity index (χ1) is 11.1. The third-order valence-electron chi connectivity index (χ3n) is 3.84. The largest absolute Gasteiger partial charge is 0.462 e. The molecule has 1 aromatic heterocycles. The van der Waals surface area contributed by atoms with Crippen molar-refractivity contribution < 1.29 is 9.53 Å². The van der Waals surface area contributed by atoms with Crippen LogP contribution in [0.5, 0.6) is 0 Å². The van der Waals surface area contributed by atoms with Crippen molar-refractivity contribution in [1.82, 2.24) is 4.57 Å². The number of rotatable bonds is 3. The Hall–Kier alpha value is -2.88. The van der Waals surface area contributed by atoms with Gasteiger partial charge in [-0.15, -0.1) is 0 Å². The van der Waals surface area contributed by atoms with E-state index < -0.39 is 5.97 Å². The quantitative estimate of drug-likeness (QED) is 0.697. The molecule has 0 fully saturated rings. The summed E-state index contributed by atoms with van der Waals surface area (Å²) in [5.74, 6) is -0.585. The molecule has 3 aromatic rings. The van der Waals surface area contributed by atoms with Crippen LogP contribution in [0.2, 0.25) is 0 Å². The van der Waals surface area contributed by atoms with Gasteiger partial charge in [-0.25, -0.2) is 4.79 Å². The fourth-order valence-electron chi connectivity index (χ4n) is 2.82. The lowest BCUT2D eigenvalue weighted by Crippen LogP contribution is -2.23. The van der Waals surface area contributed by atoms with Crippen LogP contribution in [0, 0.1) is 0 Å². The van der Waals surface area contributed by atoms with Gasteiger partial charge in [0.2, 0.25) is 5.43 Å². The molecule has 0 spiro atoms. The van der Waals surface area contributed by atoms with Gasteiger partial charge in [0, 0.05) is 12.4 Å². The topological polar surface area (TPSA) is 48.3 Å². The van der Waals surface area contributed by atoms with Gasteiger partial charge in [0.15, 0.2) is 0 Å². The lowest BCUT2D eigenvalue weighted by Gasteiger charge is -2.16. The van der Waals surface area contributed by atoms with Gasteiger partial charge in [-0.05, 0) is 24.6 Å². The molecule has 0 aliphatic heterocycles. The minimum Gasteiger partial charge on any atom is -0.462 e. The Labute approximate surface area is 133 Å². The van der Waals surface area contributed by atoms with Crippen LogP contribution in [-0.2, 0) is 11.8 Å². The van der Waals surface area contributed by atoms with Crippen LogP contribution in [0.4, 0.5) is 0 Å². The average Bonchev–Trinajstić information content (AvgIpc) is 2.58. The number of para-hydroxylation sites is 1. The Kier molecular flexibility index (Phi) is 3.98. The molecular formula is C19H17NO3. The molecule has 2 aromatic carbocycles. The summed E-state index contributed by atoms with van der Waals surface area (Å²) in [6.07, 6.45) is 0. The number of fused-ring (bicyclic) bond motifs is 1. The summed E-state index contributed by atoms with van der Waals surface area (Å²) in [6.45, 7) is 1.95. The molecule has 0 aliphatic rings. The molecule has 0 saturated carbocycles. The lowest BCUT2D eigenvalue weighted by molar-refractivity contribution is 0.0525. The fraction of sp³-hybridized carbons (Fsp3) is 0.158. The summed E-state index contributed by atoms with van der Waals surface area (Å²) < 4.78 is 7.00. The molecule has 0 unspecified atom stereocenters. The first-order valence-corrected chi connectivity index (χ1v) is 7.49. The van der Waals surface area contributed by atoms with E-state index in [0.29, 0.717) is 11.1 Å². The second-order valence-corrected chi connectivity index (χ2v) is 5.22. The lowest BCUT2D eigenvalue weighted by atomic mass is 10.0. The summed E-state index contributed by atoms with van der Waals surface area (Å²) in [6, 6.07) is 16.7. The molecule has 0 amide bonds. The maximum atomic E-state index is 12.9. The monoisotopic (exact) mass is 307 g/mol. The molecule has 0 atom stereocenters. The average molecular weight is 307 g/mol. The Morgan fingerprint density at radius 1 is 1.04 bits per heavy atom. The van der Waals surface area contributed by atoms with E-state index in [1.54, 1.807) is 19.1 Å². The van der Waals surface area contributed by atoms with Gasteiger partial charge in [-0.3, -0.25) is 4.79 Å². The highest BCUT2D eigenvalue weighted by atomic mass is 16.5. The summed E-state index contributed by atoms with van der Waals surface area (Å²) in [5.41, 5.74) is 1.95. The number of pyridine rings is 1. The third kappa shape index (κ3) is 2.52. The van der Waals surface area contributed by atoms with Gasteiger partial charge in [0.1, 0.15) is 5.56 Å². The van der Waals surface area contributed by atoms with Gasteiger partial charge < -0.3 is 9.30 Å². The number of nitrogens with zero attached hydrogens (tertiary/aromatic N) is 1. The molecule has 0 radical (unpaired) electrons. The molecule has 0 saturated heterocycles. The highest BCUT2D eigenvalue weighted by molar-refractivity contribution is 6.00. The first kappa shape index (κ1) is 15.0. The van der Waals surface area contributed by atoms with Crippen molar-refractivity contribution in [2.75, 3.05) is 6.61 Å². The highest BCUT2D eigenvalue weighted by Crippen LogP contribution is 2.25. The zero-order chi connectivity index (χ0) is 16.4. The van der Waals surface area contributed by atoms with E-state index in [0.717, 1.165) is 11.1 Å². The van der Waals surface area contributed by atoms with E-state index in [9.17, 15) is 9.59 Å². The van der Waals surface area contributed by atoms with E-state index >= 15 is 0 Å². The van der Waals surface area contributed by atoms with Crippen molar-refractivity contribution >= 4 is 16.9 Å². The summed E-state index contributed by atoms with van der Waals surface area (Å²) in [7, 11) is 1.85. The Morgan fingerprint density at radius 3 is 2.39 bits per heavy atom. The van der Waals surface area contributed by atoms with Crippen molar-refractivity contribution in [1.29, 1.82) is 0 Å². The van der Waals surface area contributed by atoms with Crippen molar-refractivity contribution in [2.24, 2.45) is 7.05 Å². The number of benzene rings is 2. The van der Waals surface area contributed by atoms with Crippen molar-refractivity contribution in [3.05, 3.63) is 70.4 Å². The normalized spacial score (nSPS) is 10.7. The second-order valence-electron chi connectivity index (χ2n) is 5.22. The van der Waals surface area contributed by atoms with Gasteiger partial charge in [0.25, 0.3) is 0 Å². The van der Waals surface area contributed by atoms with Crippen LogP contribution in [0.3, 0.4) is 0 Å². The number of hydrogen-bond acceptors (Lipinski definition) is 3. The van der Waals surface area contributed by atoms with E-state index in [-0.39, 0.29) is 17.6 Å². The molecule has 116 valence electrons. The minimum absolute atomic E-state index is 0.0826. The van der Waals surface area contributed by atoms with E-state index in [2.05, 4.69) is 0 Å². The van der Waals surface area contributed by atoms with Crippen LogP contribution in [-0.4, -0.2) is 17.1 Å². The van der Waals surface area contributed by atoms with Gasteiger partial charge in [0.05, 0.1) is 17.8 Å². The number of ether oxygens (including phenoxy) is 1. The maximum absolute atomic E-state index is 12.9. The predicted octanol–water partition coefficient (Wildman–Crippen LogP) is 3.38. The number of aryl methyl sites for hydroxylation is 1.